The van der Waals surface area contributed by atoms with Crippen LogP contribution in [0.3, 0.4) is 0 Å². The lowest BCUT2D eigenvalue weighted by Gasteiger charge is -2.40. The van der Waals surface area contributed by atoms with Gasteiger partial charge in [-0.05, 0) is 25.2 Å². The number of carboxylic acids is 1. The third-order valence-corrected chi connectivity index (χ3v) is 5.47. The van der Waals surface area contributed by atoms with E-state index >= 15 is 0 Å². The third kappa shape index (κ3) is 3.89. The van der Waals surface area contributed by atoms with E-state index in [0.29, 0.717) is 12.5 Å². The second-order valence-corrected chi connectivity index (χ2v) is 6.98. The van der Waals surface area contributed by atoms with E-state index < -0.39 is 5.97 Å². The highest BCUT2D eigenvalue weighted by molar-refractivity contribution is 7.99. The Labute approximate surface area is 114 Å². The lowest BCUT2D eigenvalue weighted by molar-refractivity contribution is -0.138. The molecule has 1 saturated carbocycles. The zero-order valence-electron chi connectivity index (χ0n) is 11.3. The summed E-state index contributed by atoms with van der Waals surface area (Å²) < 4.78 is 0. The van der Waals surface area contributed by atoms with E-state index in [1.54, 1.807) is 0 Å². The molecule has 3 nitrogen and oxygen atoms in total. The van der Waals surface area contributed by atoms with Gasteiger partial charge in [-0.3, -0.25) is 9.69 Å². The molecule has 0 aromatic heterocycles. The van der Waals surface area contributed by atoms with Gasteiger partial charge in [0.1, 0.15) is 0 Å². The molecule has 2 fully saturated rings. The van der Waals surface area contributed by atoms with Crippen LogP contribution in [-0.4, -0.2) is 46.1 Å². The highest BCUT2D eigenvalue weighted by atomic mass is 32.2. The molecule has 0 radical (unpaired) electrons. The van der Waals surface area contributed by atoms with Gasteiger partial charge in [-0.25, -0.2) is 0 Å². The highest BCUT2D eigenvalue weighted by Gasteiger charge is 2.31. The van der Waals surface area contributed by atoms with Crippen LogP contribution in [0.2, 0.25) is 0 Å². The molecule has 1 N–H and O–H groups in total. The first-order valence-corrected chi connectivity index (χ1v) is 8.37. The summed E-state index contributed by atoms with van der Waals surface area (Å²) in [4.78, 5) is 13.5. The Hall–Kier alpha value is -0.220. The maximum Gasteiger partial charge on any atom is 0.304 e. The average molecular weight is 271 g/mol. The Bertz CT molecular complexity index is 285. The maximum atomic E-state index is 11.0. The Morgan fingerprint density at radius 3 is 2.94 bits per heavy atom. The van der Waals surface area contributed by atoms with Crippen LogP contribution in [0.1, 0.15) is 45.4 Å². The molecule has 4 heteroatoms. The Kier molecular flexibility index (Phi) is 5.37. The summed E-state index contributed by atoms with van der Waals surface area (Å²) in [7, 11) is 0. The minimum atomic E-state index is -0.644. The number of rotatable bonds is 3. The standard InChI is InChI=1S/C14H25NO2S/c1-11-3-2-4-12(6-5-11)15-7-8-18-10-13(15)9-14(16)17/h11-13H,2-10H2,1H3,(H,16,17). The first kappa shape index (κ1) is 14.2. The lowest BCUT2D eigenvalue weighted by atomic mass is 10.0. The van der Waals surface area contributed by atoms with Crippen LogP contribution < -0.4 is 0 Å². The minimum Gasteiger partial charge on any atom is -0.481 e. The zero-order chi connectivity index (χ0) is 13.0. The van der Waals surface area contributed by atoms with Crippen molar-refractivity contribution in [3.05, 3.63) is 0 Å². The van der Waals surface area contributed by atoms with E-state index in [-0.39, 0.29) is 6.04 Å². The van der Waals surface area contributed by atoms with Crippen molar-refractivity contribution in [1.82, 2.24) is 4.90 Å². The van der Waals surface area contributed by atoms with Crippen LogP contribution in [-0.2, 0) is 4.79 Å². The van der Waals surface area contributed by atoms with Gasteiger partial charge in [0.2, 0.25) is 0 Å². The molecule has 1 aliphatic carbocycles. The van der Waals surface area contributed by atoms with Gasteiger partial charge in [0.15, 0.2) is 0 Å². The summed E-state index contributed by atoms with van der Waals surface area (Å²) in [5.41, 5.74) is 0. The number of carbonyl (C=O) groups is 1. The molecule has 0 aromatic carbocycles. The van der Waals surface area contributed by atoms with E-state index in [1.807, 2.05) is 11.8 Å². The molecule has 18 heavy (non-hydrogen) atoms. The van der Waals surface area contributed by atoms with Crippen molar-refractivity contribution < 1.29 is 9.90 Å². The van der Waals surface area contributed by atoms with E-state index in [2.05, 4.69) is 11.8 Å². The van der Waals surface area contributed by atoms with E-state index in [9.17, 15) is 4.79 Å². The number of carboxylic acid groups (broad SMARTS) is 1. The smallest absolute Gasteiger partial charge is 0.304 e. The Morgan fingerprint density at radius 2 is 2.17 bits per heavy atom. The molecule has 0 bridgehead atoms. The molecule has 0 spiro atoms. The normalized spacial score (nSPS) is 35.1. The molecular weight excluding hydrogens is 246 g/mol. The van der Waals surface area contributed by atoms with Crippen LogP contribution in [0.15, 0.2) is 0 Å². The summed E-state index contributed by atoms with van der Waals surface area (Å²) >= 11 is 1.91. The predicted octanol–water partition coefficient (Wildman–Crippen LogP) is 2.85. The monoisotopic (exact) mass is 271 g/mol. The second-order valence-electron chi connectivity index (χ2n) is 5.83. The number of nitrogens with zero attached hydrogens (tertiary/aromatic N) is 1. The molecular formula is C14H25NO2S. The van der Waals surface area contributed by atoms with Crippen molar-refractivity contribution in [1.29, 1.82) is 0 Å². The van der Waals surface area contributed by atoms with Crippen LogP contribution in [0, 0.1) is 5.92 Å². The molecule has 1 saturated heterocycles. The van der Waals surface area contributed by atoms with Crippen molar-refractivity contribution in [2.45, 2.75) is 57.5 Å². The number of thioether (sulfide) groups is 1. The lowest BCUT2D eigenvalue weighted by Crippen LogP contribution is -2.49. The second kappa shape index (κ2) is 6.80. The first-order chi connectivity index (χ1) is 8.66. The predicted molar refractivity (Wildman–Crippen MR) is 76.1 cm³/mol. The van der Waals surface area contributed by atoms with Gasteiger partial charge < -0.3 is 5.11 Å². The maximum absolute atomic E-state index is 11.0. The molecule has 0 amide bonds. The number of aliphatic carboxylic acids is 1. The molecule has 2 aliphatic rings. The van der Waals surface area contributed by atoms with Crippen molar-refractivity contribution in [2.75, 3.05) is 18.1 Å². The molecule has 0 aromatic rings. The van der Waals surface area contributed by atoms with Crippen LogP contribution >= 0.6 is 11.8 Å². The van der Waals surface area contributed by atoms with Crippen LogP contribution in [0.25, 0.3) is 0 Å². The van der Waals surface area contributed by atoms with Crippen LogP contribution in [0.5, 0.6) is 0 Å². The summed E-state index contributed by atoms with van der Waals surface area (Å²) in [5, 5.41) is 9.04. The highest BCUT2D eigenvalue weighted by Crippen LogP contribution is 2.30. The first-order valence-electron chi connectivity index (χ1n) is 7.22. The Balaban J connectivity index is 1.96. The van der Waals surface area contributed by atoms with Crippen molar-refractivity contribution in [3.8, 4) is 0 Å². The summed E-state index contributed by atoms with van der Waals surface area (Å²) in [5.74, 6) is 2.38. The fourth-order valence-corrected chi connectivity index (χ4v) is 4.41. The van der Waals surface area contributed by atoms with Crippen molar-refractivity contribution in [3.63, 3.8) is 0 Å². The molecule has 104 valence electrons. The zero-order valence-corrected chi connectivity index (χ0v) is 12.1. The van der Waals surface area contributed by atoms with Gasteiger partial charge in [0.25, 0.3) is 0 Å². The van der Waals surface area contributed by atoms with Crippen molar-refractivity contribution >= 4 is 17.7 Å². The summed E-state index contributed by atoms with van der Waals surface area (Å²) in [6.45, 7) is 3.44. The fraction of sp³-hybridized carbons (Fsp3) is 0.929. The van der Waals surface area contributed by atoms with Crippen molar-refractivity contribution in [2.24, 2.45) is 5.92 Å². The quantitative estimate of drug-likeness (QED) is 0.801. The van der Waals surface area contributed by atoms with Gasteiger partial charge in [-0.1, -0.05) is 19.8 Å². The fourth-order valence-electron chi connectivity index (χ4n) is 3.33. The van der Waals surface area contributed by atoms with E-state index in [4.69, 9.17) is 5.11 Å². The van der Waals surface area contributed by atoms with E-state index in [1.165, 1.54) is 37.9 Å². The van der Waals surface area contributed by atoms with Gasteiger partial charge in [-0.15, -0.1) is 0 Å². The topological polar surface area (TPSA) is 40.5 Å². The SMILES string of the molecule is CC1CCCC(N2CCSCC2CC(=O)O)CC1. The van der Waals surface area contributed by atoms with Gasteiger partial charge in [-0.2, -0.15) is 11.8 Å². The summed E-state index contributed by atoms with van der Waals surface area (Å²) in [6.07, 6.45) is 6.83. The third-order valence-electron chi connectivity index (χ3n) is 4.38. The van der Waals surface area contributed by atoms with E-state index in [0.717, 1.165) is 18.2 Å². The minimum absolute atomic E-state index is 0.264. The van der Waals surface area contributed by atoms with Gasteiger partial charge >= 0.3 is 5.97 Å². The number of hydrogen-bond acceptors (Lipinski definition) is 3. The largest absolute Gasteiger partial charge is 0.481 e. The molecule has 1 aliphatic heterocycles. The Morgan fingerprint density at radius 1 is 1.33 bits per heavy atom. The molecule has 3 atom stereocenters. The number of hydrogen-bond donors (Lipinski definition) is 1. The summed E-state index contributed by atoms with van der Waals surface area (Å²) in [6, 6.07) is 0.903. The average Bonchev–Trinajstić information content (AvgIpc) is 2.54. The molecule has 3 unspecified atom stereocenters. The van der Waals surface area contributed by atoms with Crippen LogP contribution in [0.4, 0.5) is 0 Å². The van der Waals surface area contributed by atoms with Gasteiger partial charge in [0, 0.05) is 30.1 Å². The molecule has 1 heterocycles. The molecule has 2 rings (SSSR count). The van der Waals surface area contributed by atoms with Gasteiger partial charge in [0.05, 0.1) is 6.42 Å².